The first-order chi connectivity index (χ1) is 5.85. The van der Waals surface area contributed by atoms with Crippen LogP contribution in [0, 0.1) is 0 Å². The Morgan fingerprint density at radius 2 is 2.00 bits per heavy atom. The second kappa shape index (κ2) is 8.97. The van der Waals surface area contributed by atoms with Gasteiger partial charge in [-0.2, -0.15) is 0 Å². The summed E-state index contributed by atoms with van der Waals surface area (Å²) in [5, 5.41) is 8.70. The minimum Gasteiger partial charge on any atom is -0.395 e. The topological polar surface area (TPSA) is 32.7 Å². The van der Waals surface area contributed by atoms with Crippen molar-refractivity contribution in [3.05, 3.63) is 0 Å². The first-order valence-electron chi connectivity index (χ1n) is 4.67. The number of ether oxygens (including phenoxy) is 1. The van der Waals surface area contributed by atoms with Crippen molar-refractivity contribution in [1.82, 2.24) is 4.90 Å². The number of hydrogen-bond donors (Lipinski definition) is 1. The van der Waals surface area contributed by atoms with Crippen molar-refractivity contribution >= 4 is 0 Å². The summed E-state index contributed by atoms with van der Waals surface area (Å²) in [4.78, 5) is 2.25. The third kappa shape index (κ3) is 6.58. The van der Waals surface area contributed by atoms with Crippen molar-refractivity contribution in [2.45, 2.75) is 19.8 Å². The van der Waals surface area contributed by atoms with E-state index in [1.807, 2.05) is 0 Å². The predicted molar refractivity (Wildman–Crippen MR) is 50.3 cm³/mol. The summed E-state index contributed by atoms with van der Waals surface area (Å²) >= 11 is 0. The van der Waals surface area contributed by atoms with E-state index >= 15 is 0 Å². The van der Waals surface area contributed by atoms with E-state index < -0.39 is 0 Å². The number of likely N-dealkylation sites (N-methyl/N-ethyl adjacent to an activating group) is 1. The largest absolute Gasteiger partial charge is 0.395 e. The van der Waals surface area contributed by atoms with Gasteiger partial charge in [0.15, 0.2) is 0 Å². The molecule has 0 saturated heterocycles. The maximum atomic E-state index is 8.70. The number of unbranched alkanes of at least 4 members (excludes halogenated alkanes) is 1. The van der Waals surface area contributed by atoms with Crippen molar-refractivity contribution in [3.63, 3.8) is 0 Å². The second-order valence-corrected chi connectivity index (χ2v) is 2.86. The standard InChI is InChI=1S/C9H21NO2/c1-3-10(7-8-11)6-4-5-9-12-2/h11H,3-9H2,1-2H3. The Bertz CT molecular complexity index is 88.6. The molecule has 0 heterocycles. The zero-order chi connectivity index (χ0) is 9.23. The van der Waals surface area contributed by atoms with Gasteiger partial charge >= 0.3 is 0 Å². The van der Waals surface area contributed by atoms with E-state index in [1.54, 1.807) is 7.11 Å². The highest BCUT2D eigenvalue weighted by Gasteiger charge is 1.99. The number of aliphatic hydroxyl groups excluding tert-OH is 1. The molecule has 1 N–H and O–H groups in total. The van der Waals surface area contributed by atoms with E-state index in [9.17, 15) is 0 Å². The summed E-state index contributed by atoms with van der Waals surface area (Å²) in [5.41, 5.74) is 0. The molecule has 3 heteroatoms. The van der Waals surface area contributed by atoms with Crippen LogP contribution in [-0.4, -0.2) is 50.0 Å². The lowest BCUT2D eigenvalue weighted by atomic mass is 10.3. The molecule has 0 amide bonds. The van der Waals surface area contributed by atoms with Crippen molar-refractivity contribution in [2.75, 3.05) is 40.0 Å². The molecule has 0 aliphatic rings. The van der Waals surface area contributed by atoms with Crippen molar-refractivity contribution < 1.29 is 9.84 Å². The van der Waals surface area contributed by atoms with Crippen molar-refractivity contribution in [2.24, 2.45) is 0 Å². The minimum atomic E-state index is 0.262. The summed E-state index contributed by atoms with van der Waals surface area (Å²) in [7, 11) is 1.73. The van der Waals surface area contributed by atoms with E-state index in [4.69, 9.17) is 9.84 Å². The fraction of sp³-hybridized carbons (Fsp3) is 1.00. The normalized spacial score (nSPS) is 11.0. The smallest absolute Gasteiger partial charge is 0.0558 e. The molecule has 0 radical (unpaired) electrons. The number of nitrogens with zero attached hydrogens (tertiary/aromatic N) is 1. The second-order valence-electron chi connectivity index (χ2n) is 2.86. The van der Waals surface area contributed by atoms with Crippen LogP contribution in [0.25, 0.3) is 0 Å². The lowest BCUT2D eigenvalue weighted by molar-refractivity contribution is 0.174. The summed E-state index contributed by atoms with van der Waals surface area (Å²) in [6.45, 7) is 6.11. The van der Waals surface area contributed by atoms with Gasteiger partial charge in [-0.05, 0) is 25.9 Å². The van der Waals surface area contributed by atoms with Gasteiger partial charge < -0.3 is 14.7 Å². The Morgan fingerprint density at radius 3 is 2.50 bits per heavy atom. The van der Waals surface area contributed by atoms with Crippen LogP contribution in [0.3, 0.4) is 0 Å². The molecular formula is C9H21NO2. The van der Waals surface area contributed by atoms with Gasteiger partial charge in [0.1, 0.15) is 0 Å². The molecule has 0 aromatic carbocycles. The number of methoxy groups -OCH3 is 1. The molecule has 3 nitrogen and oxygen atoms in total. The quantitative estimate of drug-likeness (QED) is 0.552. The van der Waals surface area contributed by atoms with E-state index in [-0.39, 0.29) is 6.61 Å². The van der Waals surface area contributed by atoms with Gasteiger partial charge in [-0.3, -0.25) is 0 Å². The molecule has 0 fully saturated rings. The first kappa shape index (κ1) is 11.9. The first-order valence-corrected chi connectivity index (χ1v) is 4.67. The van der Waals surface area contributed by atoms with Crippen LogP contribution in [-0.2, 0) is 4.74 Å². The molecule has 0 rings (SSSR count). The molecule has 0 aromatic rings. The average Bonchev–Trinajstić information content (AvgIpc) is 2.10. The molecule has 0 atom stereocenters. The monoisotopic (exact) mass is 175 g/mol. The van der Waals surface area contributed by atoms with Gasteiger partial charge in [0.25, 0.3) is 0 Å². The fourth-order valence-electron chi connectivity index (χ4n) is 1.15. The van der Waals surface area contributed by atoms with E-state index in [0.717, 1.165) is 39.1 Å². The van der Waals surface area contributed by atoms with Gasteiger partial charge in [0.2, 0.25) is 0 Å². The van der Waals surface area contributed by atoms with E-state index in [2.05, 4.69) is 11.8 Å². The molecule has 0 aromatic heterocycles. The van der Waals surface area contributed by atoms with Gasteiger partial charge in [-0.25, -0.2) is 0 Å². The maximum absolute atomic E-state index is 8.70. The Balaban J connectivity index is 3.19. The van der Waals surface area contributed by atoms with Gasteiger partial charge in [0.05, 0.1) is 6.61 Å². The molecule has 0 bridgehead atoms. The van der Waals surface area contributed by atoms with Crippen LogP contribution in [0.15, 0.2) is 0 Å². The third-order valence-electron chi connectivity index (χ3n) is 1.94. The van der Waals surface area contributed by atoms with Crippen molar-refractivity contribution in [3.8, 4) is 0 Å². The summed E-state index contributed by atoms with van der Waals surface area (Å²) in [6, 6.07) is 0. The highest BCUT2D eigenvalue weighted by atomic mass is 16.5. The number of hydrogen-bond acceptors (Lipinski definition) is 3. The van der Waals surface area contributed by atoms with Gasteiger partial charge in [-0.15, -0.1) is 0 Å². The summed E-state index contributed by atoms with van der Waals surface area (Å²) < 4.78 is 4.95. The highest BCUT2D eigenvalue weighted by molar-refractivity contribution is 4.54. The summed E-state index contributed by atoms with van der Waals surface area (Å²) in [6.07, 6.45) is 2.26. The predicted octanol–water partition coefficient (Wildman–Crippen LogP) is 0.727. The zero-order valence-corrected chi connectivity index (χ0v) is 8.25. The Hall–Kier alpha value is -0.120. The van der Waals surface area contributed by atoms with Crippen LogP contribution >= 0.6 is 0 Å². The molecule has 0 aliphatic heterocycles. The zero-order valence-electron chi connectivity index (χ0n) is 8.25. The highest BCUT2D eigenvalue weighted by Crippen LogP contribution is 1.94. The van der Waals surface area contributed by atoms with Gasteiger partial charge in [-0.1, -0.05) is 6.92 Å². The fourth-order valence-corrected chi connectivity index (χ4v) is 1.15. The van der Waals surface area contributed by atoms with Crippen LogP contribution in [0.5, 0.6) is 0 Å². The van der Waals surface area contributed by atoms with Crippen LogP contribution in [0.4, 0.5) is 0 Å². The van der Waals surface area contributed by atoms with Crippen LogP contribution < -0.4 is 0 Å². The van der Waals surface area contributed by atoms with Crippen molar-refractivity contribution in [1.29, 1.82) is 0 Å². The third-order valence-corrected chi connectivity index (χ3v) is 1.94. The lowest BCUT2D eigenvalue weighted by Crippen LogP contribution is -2.27. The molecule has 12 heavy (non-hydrogen) atoms. The molecule has 0 spiro atoms. The molecule has 0 unspecified atom stereocenters. The summed E-state index contributed by atoms with van der Waals surface area (Å²) in [5.74, 6) is 0. The average molecular weight is 175 g/mol. The van der Waals surface area contributed by atoms with Crippen LogP contribution in [0.1, 0.15) is 19.8 Å². The number of rotatable bonds is 8. The maximum Gasteiger partial charge on any atom is 0.0558 e. The molecule has 74 valence electrons. The van der Waals surface area contributed by atoms with E-state index in [1.165, 1.54) is 0 Å². The lowest BCUT2D eigenvalue weighted by Gasteiger charge is -2.18. The molecule has 0 aliphatic carbocycles. The minimum absolute atomic E-state index is 0.262. The van der Waals surface area contributed by atoms with Crippen LogP contribution in [0.2, 0.25) is 0 Å². The van der Waals surface area contributed by atoms with Gasteiger partial charge in [0, 0.05) is 20.3 Å². The number of aliphatic hydroxyl groups is 1. The Labute approximate surface area is 75.3 Å². The molecule has 0 saturated carbocycles. The molecular weight excluding hydrogens is 154 g/mol. The SMILES string of the molecule is CCN(CCO)CCCCOC. The Kier molecular flexibility index (Phi) is 8.88. The van der Waals surface area contributed by atoms with E-state index in [0.29, 0.717) is 0 Å². The Morgan fingerprint density at radius 1 is 1.25 bits per heavy atom.